The highest BCUT2D eigenvalue weighted by Gasteiger charge is 2.22. The number of carboxylic acid groups (broad SMARTS) is 1. The van der Waals surface area contributed by atoms with Crippen molar-refractivity contribution in [2.24, 2.45) is 11.8 Å². The van der Waals surface area contributed by atoms with Gasteiger partial charge in [0.25, 0.3) is 5.91 Å². The first-order chi connectivity index (χ1) is 9.08. The Morgan fingerprint density at radius 1 is 1.42 bits per heavy atom. The first kappa shape index (κ1) is 13.6. The summed E-state index contributed by atoms with van der Waals surface area (Å²) in [6.07, 6.45) is 5.86. The van der Waals surface area contributed by atoms with Gasteiger partial charge in [0.05, 0.1) is 6.33 Å². The van der Waals surface area contributed by atoms with E-state index < -0.39 is 11.9 Å². The molecule has 6 nitrogen and oxygen atoms in total. The van der Waals surface area contributed by atoms with Gasteiger partial charge in [-0.25, -0.2) is 9.78 Å². The number of aromatic amines is 1. The van der Waals surface area contributed by atoms with Crippen molar-refractivity contribution in [3.05, 3.63) is 17.7 Å². The largest absolute Gasteiger partial charge is 0.477 e. The molecule has 0 bridgehead atoms. The highest BCUT2D eigenvalue weighted by Crippen LogP contribution is 2.27. The number of carboxylic acids is 1. The predicted molar refractivity (Wildman–Crippen MR) is 69.0 cm³/mol. The van der Waals surface area contributed by atoms with Crippen LogP contribution in [0, 0.1) is 11.8 Å². The number of carbonyl (C=O) groups is 2. The summed E-state index contributed by atoms with van der Waals surface area (Å²) in [6, 6.07) is 0. The van der Waals surface area contributed by atoms with Crippen LogP contribution in [-0.2, 0) is 0 Å². The van der Waals surface area contributed by atoms with Crippen LogP contribution in [0.2, 0.25) is 0 Å². The van der Waals surface area contributed by atoms with Crippen LogP contribution >= 0.6 is 0 Å². The Morgan fingerprint density at radius 3 is 2.74 bits per heavy atom. The lowest BCUT2D eigenvalue weighted by Crippen LogP contribution is -2.32. The highest BCUT2D eigenvalue weighted by atomic mass is 16.4. The van der Waals surface area contributed by atoms with E-state index >= 15 is 0 Å². The first-order valence-electron chi connectivity index (χ1n) is 6.62. The zero-order valence-electron chi connectivity index (χ0n) is 11.0. The summed E-state index contributed by atoms with van der Waals surface area (Å²) in [5.74, 6) is -0.323. The van der Waals surface area contributed by atoms with E-state index in [9.17, 15) is 9.59 Å². The molecule has 1 aromatic rings. The molecule has 19 heavy (non-hydrogen) atoms. The quantitative estimate of drug-likeness (QED) is 0.771. The van der Waals surface area contributed by atoms with Gasteiger partial charge < -0.3 is 15.4 Å². The van der Waals surface area contributed by atoms with Gasteiger partial charge in [0.1, 0.15) is 0 Å². The molecule has 0 unspecified atom stereocenters. The van der Waals surface area contributed by atoms with Crippen molar-refractivity contribution in [2.75, 3.05) is 6.54 Å². The Balaban J connectivity index is 1.87. The molecule has 6 heteroatoms. The summed E-state index contributed by atoms with van der Waals surface area (Å²) in [6.45, 7) is 2.84. The summed E-state index contributed by atoms with van der Waals surface area (Å²) in [5.41, 5.74) is -0.202. The van der Waals surface area contributed by atoms with Gasteiger partial charge in [-0.2, -0.15) is 0 Å². The number of carbonyl (C=O) groups excluding carboxylic acids is 1. The van der Waals surface area contributed by atoms with Gasteiger partial charge in [0.15, 0.2) is 11.4 Å². The lowest BCUT2D eigenvalue weighted by atomic mass is 9.83. The molecule has 0 atom stereocenters. The van der Waals surface area contributed by atoms with Gasteiger partial charge in [-0.3, -0.25) is 4.79 Å². The molecule has 2 rings (SSSR count). The summed E-state index contributed by atoms with van der Waals surface area (Å²) in [5, 5.41) is 11.7. The fourth-order valence-corrected chi connectivity index (χ4v) is 2.48. The third-order valence-electron chi connectivity index (χ3n) is 3.76. The number of nitrogens with one attached hydrogen (secondary N) is 2. The number of amides is 1. The van der Waals surface area contributed by atoms with Gasteiger partial charge in [0, 0.05) is 6.54 Å². The van der Waals surface area contributed by atoms with Gasteiger partial charge in [-0.15, -0.1) is 0 Å². The van der Waals surface area contributed by atoms with Gasteiger partial charge in [-0.1, -0.05) is 19.8 Å². The number of nitrogens with zero attached hydrogens (tertiary/aromatic N) is 1. The number of aromatic nitrogens is 2. The fraction of sp³-hybridized carbons (Fsp3) is 0.615. The summed E-state index contributed by atoms with van der Waals surface area (Å²) in [4.78, 5) is 29.0. The second-order valence-electron chi connectivity index (χ2n) is 5.27. The molecule has 1 fully saturated rings. The minimum Gasteiger partial charge on any atom is -0.477 e. The molecular weight excluding hydrogens is 246 g/mol. The Kier molecular flexibility index (Phi) is 4.19. The standard InChI is InChI=1S/C13H19N3O3/c1-8-2-4-9(5-3-8)6-14-12(17)10-11(13(18)19)16-7-15-10/h7-9H,2-6H2,1H3,(H,14,17)(H,15,16)(H,18,19). The van der Waals surface area contributed by atoms with E-state index in [1.807, 2.05) is 0 Å². The van der Waals surface area contributed by atoms with Crippen LogP contribution in [0.1, 0.15) is 53.6 Å². The van der Waals surface area contributed by atoms with Crippen LogP contribution in [0.5, 0.6) is 0 Å². The van der Waals surface area contributed by atoms with Crippen molar-refractivity contribution in [3.8, 4) is 0 Å². The van der Waals surface area contributed by atoms with E-state index in [1.165, 1.54) is 19.2 Å². The van der Waals surface area contributed by atoms with Gasteiger partial charge >= 0.3 is 5.97 Å². The lowest BCUT2D eigenvalue weighted by molar-refractivity contribution is 0.0684. The summed E-state index contributed by atoms with van der Waals surface area (Å²) >= 11 is 0. The average Bonchev–Trinajstić information content (AvgIpc) is 2.87. The smallest absolute Gasteiger partial charge is 0.354 e. The monoisotopic (exact) mass is 265 g/mol. The topological polar surface area (TPSA) is 95.1 Å². The number of imidazole rings is 1. The molecule has 1 aromatic heterocycles. The minimum atomic E-state index is -1.17. The van der Waals surface area contributed by atoms with Crippen LogP contribution in [0.4, 0.5) is 0 Å². The van der Waals surface area contributed by atoms with Crippen molar-refractivity contribution in [1.29, 1.82) is 0 Å². The van der Waals surface area contributed by atoms with Crippen molar-refractivity contribution >= 4 is 11.9 Å². The van der Waals surface area contributed by atoms with Gasteiger partial charge in [0.2, 0.25) is 0 Å². The predicted octanol–water partition coefficient (Wildman–Crippen LogP) is 1.66. The Morgan fingerprint density at radius 2 is 2.11 bits per heavy atom. The first-order valence-corrected chi connectivity index (χ1v) is 6.62. The molecule has 3 N–H and O–H groups in total. The molecule has 1 heterocycles. The second kappa shape index (κ2) is 5.86. The lowest BCUT2D eigenvalue weighted by Gasteiger charge is -2.26. The Labute approximate surface area is 111 Å². The molecule has 0 aromatic carbocycles. The van der Waals surface area contributed by atoms with Crippen molar-refractivity contribution in [2.45, 2.75) is 32.6 Å². The number of hydrogen-bond donors (Lipinski definition) is 3. The average molecular weight is 265 g/mol. The molecule has 1 saturated carbocycles. The van der Waals surface area contributed by atoms with Crippen molar-refractivity contribution in [1.82, 2.24) is 15.3 Å². The molecule has 1 aliphatic rings. The molecule has 0 aliphatic heterocycles. The SMILES string of the molecule is CC1CCC(CNC(=O)c2nc[nH]c2C(=O)O)CC1. The zero-order valence-corrected chi connectivity index (χ0v) is 11.0. The number of hydrogen-bond acceptors (Lipinski definition) is 3. The van der Waals surface area contributed by atoms with E-state index in [2.05, 4.69) is 22.2 Å². The van der Waals surface area contributed by atoms with Crippen LogP contribution in [0.25, 0.3) is 0 Å². The Bertz CT molecular complexity index is 461. The summed E-state index contributed by atoms with van der Waals surface area (Å²) < 4.78 is 0. The van der Waals surface area contributed by atoms with E-state index in [-0.39, 0.29) is 11.4 Å². The van der Waals surface area contributed by atoms with Crippen LogP contribution in [-0.4, -0.2) is 33.5 Å². The minimum absolute atomic E-state index is 0.0447. The molecule has 1 aliphatic carbocycles. The Hall–Kier alpha value is -1.85. The maximum Gasteiger partial charge on any atom is 0.354 e. The van der Waals surface area contributed by atoms with E-state index in [0.29, 0.717) is 12.5 Å². The number of aromatic carboxylic acids is 1. The van der Waals surface area contributed by atoms with E-state index in [4.69, 9.17) is 5.11 Å². The van der Waals surface area contributed by atoms with E-state index in [1.54, 1.807) is 0 Å². The maximum atomic E-state index is 11.9. The van der Waals surface area contributed by atoms with Crippen molar-refractivity contribution < 1.29 is 14.7 Å². The third kappa shape index (κ3) is 3.33. The maximum absolute atomic E-state index is 11.9. The molecule has 1 amide bonds. The fourth-order valence-electron chi connectivity index (χ4n) is 2.48. The van der Waals surface area contributed by atoms with Crippen LogP contribution in [0.15, 0.2) is 6.33 Å². The summed E-state index contributed by atoms with van der Waals surface area (Å²) in [7, 11) is 0. The number of rotatable bonds is 4. The molecule has 104 valence electrons. The van der Waals surface area contributed by atoms with Crippen LogP contribution < -0.4 is 5.32 Å². The zero-order chi connectivity index (χ0) is 13.8. The normalized spacial score (nSPS) is 23.0. The van der Waals surface area contributed by atoms with Crippen LogP contribution in [0.3, 0.4) is 0 Å². The third-order valence-corrected chi connectivity index (χ3v) is 3.76. The molecular formula is C13H19N3O3. The van der Waals surface area contributed by atoms with E-state index in [0.717, 1.165) is 18.8 Å². The van der Waals surface area contributed by atoms with Gasteiger partial charge in [-0.05, 0) is 24.7 Å². The molecule has 0 saturated heterocycles. The second-order valence-corrected chi connectivity index (χ2v) is 5.27. The highest BCUT2D eigenvalue weighted by molar-refractivity contribution is 6.02. The van der Waals surface area contributed by atoms with Crippen molar-refractivity contribution in [3.63, 3.8) is 0 Å². The number of H-pyrrole nitrogens is 1. The molecule has 0 spiro atoms. The molecule has 0 radical (unpaired) electrons.